The van der Waals surface area contributed by atoms with Gasteiger partial charge in [-0.1, -0.05) is 20.8 Å². The monoisotopic (exact) mass is 514 g/mol. The fraction of sp³-hybridized carbons (Fsp3) is 0.345. The first-order valence-corrected chi connectivity index (χ1v) is 12.7. The first-order valence-electron chi connectivity index (χ1n) is 12.7. The molecule has 1 aliphatic carbocycles. The third kappa shape index (κ3) is 6.73. The van der Waals surface area contributed by atoms with Gasteiger partial charge in [0.15, 0.2) is 0 Å². The zero-order valence-electron chi connectivity index (χ0n) is 22.4. The highest BCUT2D eigenvalue weighted by atomic mass is 16.2. The molecule has 0 atom stereocenters. The highest BCUT2D eigenvalue weighted by Crippen LogP contribution is 2.29. The summed E-state index contributed by atoms with van der Waals surface area (Å²) in [5.74, 6) is 0.467. The van der Waals surface area contributed by atoms with Crippen LogP contribution in [0.25, 0.3) is 0 Å². The number of pyridine rings is 2. The average Bonchev–Trinajstić information content (AvgIpc) is 3.72. The molecule has 38 heavy (non-hydrogen) atoms. The van der Waals surface area contributed by atoms with Crippen LogP contribution in [0.4, 0.5) is 17.2 Å². The van der Waals surface area contributed by atoms with E-state index in [-0.39, 0.29) is 17.2 Å². The van der Waals surface area contributed by atoms with Crippen LogP contribution in [0.3, 0.4) is 0 Å². The van der Waals surface area contributed by atoms with E-state index in [4.69, 9.17) is 0 Å². The second kappa shape index (κ2) is 11.0. The average molecular weight is 515 g/mol. The van der Waals surface area contributed by atoms with E-state index in [1.54, 1.807) is 50.5 Å². The molecule has 4 N–H and O–H groups in total. The number of nitrogens with one attached hydrogen (secondary N) is 4. The molecule has 0 aliphatic heterocycles. The predicted octanol–water partition coefficient (Wildman–Crippen LogP) is 4.77. The van der Waals surface area contributed by atoms with Crippen molar-refractivity contribution in [2.45, 2.75) is 46.0 Å². The van der Waals surface area contributed by atoms with Crippen molar-refractivity contribution in [1.29, 1.82) is 0 Å². The second-order valence-corrected chi connectivity index (χ2v) is 10.6. The van der Waals surface area contributed by atoms with Crippen LogP contribution in [0.2, 0.25) is 0 Å². The highest BCUT2D eigenvalue weighted by molar-refractivity contribution is 6.08. The molecule has 2 heterocycles. The number of aryl methyl sites for hydroxylation is 1. The Bertz CT molecular complexity index is 1360. The van der Waals surface area contributed by atoms with Crippen LogP contribution in [-0.4, -0.2) is 41.3 Å². The summed E-state index contributed by atoms with van der Waals surface area (Å²) in [5, 5.41) is 11.5. The largest absolute Gasteiger partial charge is 0.370 e. The standard InChI is InChI=1S/C29H34N6O3/c1-17-24(28(38)34-22-8-9-25(33-15-22)32-14-18-6-7-18)13-23(16-31-17)35-27(37)20-10-19(26(36)30-5)11-21(12-20)29(2,3)4/h8-13,15-16,18H,6-7,14H2,1-5H3,(H,30,36)(H,32,33)(H,34,38)(H,35,37). The molecule has 0 spiro atoms. The van der Waals surface area contributed by atoms with E-state index in [0.29, 0.717) is 33.8 Å². The molecule has 3 aromatic rings. The lowest BCUT2D eigenvalue weighted by Gasteiger charge is -2.21. The molecule has 1 fully saturated rings. The van der Waals surface area contributed by atoms with Crippen molar-refractivity contribution in [3.8, 4) is 0 Å². The fourth-order valence-electron chi connectivity index (χ4n) is 3.84. The molecule has 9 nitrogen and oxygen atoms in total. The summed E-state index contributed by atoms with van der Waals surface area (Å²) in [6, 6.07) is 10.3. The Morgan fingerprint density at radius 3 is 2.13 bits per heavy atom. The van der Waals surface area contributed by atoms with Crippen molar-refractivity contribution < 1.29 is 14.4 Å². The highest BCUT2D eigenvalue weighted by Gasteiger charge is 2.21. The molecule has 0 radical (unpaired) electrons. The summed E-state index contributed by atoms with van der Waals surface area (Å²) in [4.78, 5) is 47.1. The first-order chi connectivity index (χ1) is 18.0. The SMILES string of the molecule is CNC(=O)c1cc(C(=O)Nc2cnc(C)c(C(=O)Nc3ccc(NCC4CC4)nc3)c2)cc(C(C)(C)C)c1. The maximum Gasteiger partial charge on any atom is 0.257 e. The lowest BCUT2D eigenvalue weighted by molar-refractivity contribution is 0.0962. The van der Waals surface area contributed by atoms with Gasteiger partial charge in [0.2, 0.25) is 0 Å². The zero-order valence-corrected chi connectivity index (χ0v) is 22.4. The molecule has 1 aliphatic rings. The van der Waals surface area contributed by atoms with Gasteiger partial charge in [0.1, 0.15) is 5.82 Å². The minimum absolute atomic E-state index is 0.268. The molecule has 2 aromatic heterocycles. The van der Waals surface area contributed by atoms with Crippen LogP contribution in [0.5, 0.6) is 0 Å². The van der Waals surface area contributed by atoms with Gasteiger partial charge < -0.3 is 21.3 Å². The maximum absolute atomic E-state index is 13.2. The van der Waals surface area contributed by atoms with E-state index in [1.165, 1.54) is 19.0 Å². The lowest BCUT2D eigenvalue weighted by Crippen LogP contribution is -2.22. The molecule has 0 saturated heterocycles. The number of amides is 3. The molecular weight excluding hydrogens is 480 g/mol. The van der Waals surface area contributed by atoms with E-state index in [9.17, 15) is 14.4 Å². The van der Waals surface area contributed by atoms with Crippen LogP contribution < -0.4 is 21.3 Å². The van der Waals surface area contributed by atoms with Crippen molar-refractivity contribution in [3.63, 3.8) is 0 Å². The summed E-state index contributed by atoms with van der Waals surface area (Å²) in [5.41, 5.74) is 3.09. The van der Waals surface area contributed by atoms with Crippen molar-refractivity contribution in [2.24, 2.45) is 5.92 Å². The molecule has 198 valence electrons. The second-order valence-electron chi connectivity index (χ2n) is 10.6. The number of hydrogen-bond acceptors (Lipinski definition) is 6. The van der Waals surface area contributed by atoms with Gasteiger partial charge in [0, 0.05) is 24.7 Å². The first kappa shape index (κ1) is 26.8. The van der Waals surface area contributed by atoms with E-state index >= 15 is 0 Å². The number of anilines is 3. The van der Waals surface area contributed by atoms with Crippen LogP contribution in [0, 0.1) is 12.8 Å². The van der Waals surface area contributed by atoms with Crippen molar-refractivity contribution in [1.82, 2.24) is 15.3 Å². The number of carbonyl (C=O) groups excluding carboxylic acids is 3. The smallest absolute Gasteiger partial charge is 0.257 e. The minimum Gasteiger partial charge on any atom is -0.370 e. The van der Waals surface area contributed by atoms with E-state index < -0.39 is 5.91 Å². The lowest BCUT2D eigenvalue weighted by atomic mass is 9.85. The number of nitrogens with zero attached hydrogens (tertiary/aromatic N) is 2. The Morgan fingerprint density at radius 2 is 1.53 bits per heavy atom. The molecule has 4 rings (SSSR count). The quantitative estimate of drug-likeness (QED) is 0.343. The van der Waals surface area contributed by atoms with E-state index in [1.807, 2.05) is 26.8 Å². The van der Waals surface area contributed by atoms with Crippen LogP contribution in [0.15, 0.2) is 48.8 Å². The number of benzene rings is 1. The Morgan fingerprint density at radius 1 is 0.868 bits per heavy atom. The molecule has 9 heteroatoms. The summed E-state index contributed by atoms with van der Waals surface area (Å²) < 4.78 is 0. The summed E-state index contributed by atoms with van der Waals surface area (Å²) in [6.45, 7) is 8.68. The van der Waals surface area contributed by atoms with Gasteiger partial charge in [-0.2, -0.15) is 0 Å². The number of rotatable bonds is 8. The number of hydrogen-bond donors (Lipinski definition) is 4. The van der Waals surface area contributed by atoms with Gasteiger partial charge in [0.25, 0.3) is 17.7 Å². The van der Waals surface area contributed by atoms with Crippen LogP contribution in [-0.2, 0) is 5.41 Å². The molecule has 0 unspecified atom stereocenters. The van der Waals surface area contributed by atoms with Crippen molar-refractivity contribution in [2.75, 3.05) is 29.5 Å². The fourth-order valence-corrected chi connectivity index (χ4v) is 3.84. The normalized spacial score (nSPS) is 13.0. The molecule has 1 aromatic carbocycles. The molecular formula is C29H34N6O3. The minimum atomic E-state index is -0.406. The van der Waals surface area contributed by atoms with Gasteiger partial charge in [-0.25, -0.2) is 4.98 Å². The maximum atomic E-state index is 13.2. The molecule has 3 amide bonds. The molecule has 1 saturated carbocycles. The predicted molar refractivity (Wildman–Crippen MR) is 149 cm³/mol. The van der Waals surface area contributed by atoms with Gasteiger partial charge in [-0.15, -0.1) is 0 Å². The van der Waals surface area contributed by atoms with Gasteiger partial charge in [-0.05, 0) is 73.1 Å². The van der Waals surface area contributed by atoms with Gasteiger partial charge in [0.05, 0.1) is 35.0 Å². The Labute approximate surface area is 222 Å². The summed E-state index contributed by atoms with van der Waals surface area (Å²) in [6.07, 6.45) is 5.62. The number of carbonyl (C=O) groups is 3. The Balaban J connectivity index is 1.49. The molecule has 0 bridgehead atoms. The third-order valence-corrected chi connectivity index (χ3v) is 6.43. The summed E-state index contributed by atoms with van der Waals surface area (Å²) in [7, 11) is 1.55. The third-order valence-electron chi connectivity index (χ3n) is 6.43. The Hall–Kier alpha value is -4.27. The van der Waals surface area contributed by atoms with Crippen LogP contribution >= 0.6 is 0 Å². The zero-order chi connectivity index (χ0) is 27.4. The van der Waals surface area contributed by atoms with E-state index in [2.05, 4.69) is 31.2 Å². The van der Waals surface area contributed by atoms with E-state index in [0.717, 1.165) is 23.8 Å². The van der Waals surface area contributed by atoms with Crippen molar-refractivity contribution in [3.05, 3.63) is 76.7 Å². The van der Waals surface area contributed by atoms with Crippen LogP contribution in [0.1, 0.15) is 75.9 Å². The number of aromatic nitrogens is 2. The van der Waals surface area contributed by atoms with Crippen molar-refractivity contribution >= 4 is 34.9 Å². The topological polar surface area (TPSA) is 125 Å². The van der Waals surface area contributed by atoms with Gasteiger partial charge in [-0.3, -0.25) is 19.4 Å². The Kier molecular flexibility index (Phi) is 7.75. The summed E-state index contributed by atoms with van der Waals surface area (Å²) >= 11 is 0. The van der Waals surface area contributed by atoms with Gasteiger partial charge >= 0.3 is 0 Å².